The number of carbonyl (C=O) groups is 1. The third kappa shape index (κ3) is 4.92. The topological polar surface area (TPSA) is 68.1 Å². The number of amides is 1. The van der Waals surface area contributed by atoms with E-state index in [1.165, 1.54) is 16.3 Å². The number of halogens is 1. The van der Waals surface area contributed by atoms with E-state index < -0.39 is 0 Å². The van der Waals surface area contributed by atoms with Crippen LogP contribution in [0, 0.1) is 13.8 Å². The van der Waals surface area contributed by atoms with E-state index in [1.807, 2.05) is 51.9 Å². The van der Waals surface area contributed by atoms with Crippen LogP contribution in [0.4, 0.5) is 11.4 Å². The first-order valence-corrected chi connectivity index (χ1v) is 14.0. The average Bonchev–Trinajstić information content (AvgIpc) is 3.57. The Labute approximate surface area is 244 Å². The summed E-state index contributed by atoms with van der Waals surface area (Å²) in [6, 6.07) is 19.9. The molecule has 0 fully saturated rings. The van der Waals surface area contributed by atoms with Gasteiger partial charge in [0.05, 0.1) is 5.69 Å². The second-order valence-corrected chi connectivity index (χ2v) is 10.7. The molecule has 1 N–H and O–H groups in total. The van der Waals surface area contributed by atoms with Crippen molar-refractivity contribution in [3.63, 3.8) is 0 Å². The molecule has 41 heavy (non-hydrogen) atoms. The predicted molar refractivity (Wildman–Crippen MR) is 165 cm³/mol. The van der Waals surface area contributed by atoms with E-state index in [9.17, 15) is 4.79 Å². The van der Waals surface area contributed by atoms with Crippen LogP contribution in [-0.4, -0.2) is 41.6 Å². The van der Waals surface area contributed by atoms with Gasteiger partial charge in [0.2, 0.25) is 0 Å². The number of aromatic nitrogens is 2. The molecule has 0 bridgehead atoms. The molecule has 2 aromatic heterocycles. The van der Waals surface area contributed by atoms with Crippen LogP contribution in [0.1, 0.15) is 38.7 Å². The van der Waals surface area contributed by atoms with E-state index in [4.69, 9.17) is 21.1 Å². The molecular formula is C33H31ClN4O3. The maximum atomic E-state index is 13.9. The molecule has 0 saturated heterocycles. The number of methoxy groups -OCH3 is 1. The lowest BCUT2D eigenvalue weighted by molar-refractivity contribution is 0.0511. The third-order valence-corrected chi connectivity index (χ3v) is 8.01. The van der Waals surface area contributed by atoms with Gasteiger partial charge in [-0.15, -0.1) is 11.6 Å². The van der Waals surface area contributed by atoms with Crippen LogP contribution in [0.25, 0.3) is 22.1 Å². The van der Waals surface area contributed by atoms with Crippen LogP contribution in [0.5, 0.6) is 5.75 Å². The number of nitrogens with one attached hydrogen (secondary N) is 1. The lowest BCUT2D eigenvalue weighted by atomic mass is 9.91. The SMILES string of the molecule is C=C(Nc1ccc2nc(C(=O)N3C[C@@H](CCl)c4c3cc(C)c3cccc(C)c43)cn2c1)c1ccc(OCOC)cc1. The molecular weight excluding hydrogens is 536 g/mol. The maximum absolute atomic E-state index is 13.9. The standard InChI is InChI=1S/C33H31ClN4O3/c1-20-6-5-7-27-21(2)14-29-32(31(20)27)24(15-34)16-38(29)33(39)28-18-37-17-25(10-13-30(37)36-28)35-22(3)23-8-11-26(12-9-23)41-19-40-4/h5-14,17-18,24,35H,3,15-16,19H2,1-2,4H3/t24-/m1/s1. The number of hydrogen-bond donors (Lipinski definition) is 1. The summed E-state index contributed by atoms with van der Waals surface area (Å²) < 4.78 is 12.3. The minimum absolute atomic E-state index is 0.0549. The Bertz CT molecular complexity index is 1790. The molecule has 0 spiro atoms. The number of aryl methyl sites for hydroxylation is 2. The summed E-state index contributed by atoms with van der Waals surface area (Å²) in [6.45, 7) is 9.11. The number of imidazole rings is 1. The van der Waals surface area contributed by atoms with E-state index in [0.29, 0.717) is 23.8 Å². The second kappa shape index (κ2) is 10.9. The van der Waals surface area contributed by atoms with E-state index in [0.717, 1.165) is 39.5 Å². The molecule has 0 unspecified atom stereocenters. The van der Waals surface area contributed by atoms with Crippen LogP contribution in [0.3, 0.4) is 0 Å². The van der Waals surface area contributed by atoms with Crippen LogP contribution in [0.15, 0.2) is 79.6 Å². The molecule has 6 rings (SSSR count). The van der Waals surface area contributed by atoms with Crippen LogP contribution in [-0.2, 0) is 4.74 Å². The van der Waals surface area contributed by atoms with Gasteiger partial charge in [0.25, 0.3) is 5.91 Å². The zero-order valence-corrected chi connectivity index (χ0v) is 24.0. The maximum Gasteiger partial charge on any atom is 0.278 e. The van der Waals surface area contributed by atoms with Crippen molar-refractivity contribution in [3.05, 3.63) is 108 Å². The summed E-state index contributed by atoms with van der Waals surface area (Å²) in [4.78, 5) is 20.4. The van der Waals surface area contributed by atoms with Crippen molar-refractivity contribution in [3.8, 4) is 5.75 Å². The van der Waals surface area contributed by atoms with Gasteiger partial charge in [0.1, 0.15) is 17.1 Å². The average molecular weight is 567 g/mol. The fraction of sp³-hybridized carbons (Fsp3) is 0.212. The Morgan fingerprint density at radius 2 is 1.90 bits per heavy atom. The van der Waals surface area contributed by atoms with Crippen LogP contribution < -0.4 is 15.0 Å². The van der Waals surface area contributed by atoms with Crippen molar-refractivity contribution >= 4 is 51.0 Å². The molecule has 3 aromatic carbocycles. The predicted octanol–water partition coefficient (Wildman–Crippen LogP) is 7.15. The van der Waals surface area contributed by atoms with Gasteiger partial charge >= 0.3 is 0 Å². The van der Waals surface area contributed by atoms with Crippen molar-refractivity contribution in [1.82, 2.24) is 9.38 Å². The van der Waals surface area contributed by atoms with Crippen LogP contribution >= 0.6 is 11.6 Å². The van der Waals surface area contributed by atoms with Gasteiger partial charge in [-0.2, -0.15) is 0 Å². The van der Waals surface area contributed by atoms with Crippen molar-refractivity contribution in [2.45, 2.75) is 19.8 Å². The van der Waals surface area contributed by atoms with Crippen LogP contribution in [0.2, 0.25) is 0 Å². The summed E-state index contributed by atoms with van der Waals surface area (Å²) in [7, 11) is 1.58. The zero-order chi connectivity index (χ0) is 28.7. The minimum atomic E-state index is -0.135. The molecule has 8 heteroatoms. The number of anilines is 2. The van der Waals surface area contributed by atoms with Gasteiger partial charge in [-0.05, 0) is 89.3 Å². The fourth-order valence-electron chi connectivity index (χ4n) is 5.64. The Kier molecular flexibility index (Phi) is 7.15. The highest BCUT2D eigenvalue weighted by molar-refractivity contribution is 6.19. The smallest absolute Gasteiger partial charge is 0.278 e. The first-order valence-electron chi connectivity index (χ1n) is 13.5. The summed E-state index contributed by atoms with van der Waals surface area (Å²) in [5.41, 5.74) is 7.96. The van der Waals surface area contributed by atoms with Gasteiger partial charge in [-0.1, -0.05) is 24.8 Å². The van der Waals surface area contributed by atoms with Gasteiger partial charge < -0.3 is 24.1 Å². The summed E-state index contributed by atoms with van der Waals surface area (Å²) >= 11 is 6.46. The molecule has 7 nitrogen and oxygen atoms in total. The normalized spacial score (nSPS) is 14.4. The van der Waals surface area contributed by atoms with Gasteiger partial charge in [-0.3, -0.25) is 4.79 Å². The molecule has 1 atom stereocenters. The molecule has 5 aromatic rings. The second-order valence-electron chi connectivity index (χ2n) is 10.4. The highest BCUT2D eigenvalue weighted by Crippen LogP contribution is 2.44. The zero-order valence-electron chi connectivity index (χ0n) is 23.3. The summed E-state index contributed by atoms with van der Waals surface area (Å²) in [5.74, 6) is 1.08. The Balaban J connectivity index is 1.26. The number of nitrogens with zero attached hydrogens (tertiary/aromatic N) is 3. The first kappa shape index (κ1) is 26.9. The number of rotatable bonds is 8. The Hall–Kier alpha value is -4.33. The number of carbonyl (C=O) groups excluding carboxylic acids is 1. The van der Waals surface area contributed by atoms with Crippen molar-refractivity contribution in [2.24, 2.45) is 0 Å². The number of hydrogen-bond acceptors (Lipinski definition) is 5. The van der Waals surface area contributed by atoms with Crippen molar-refractivity contribution < 1.29 is 14.3 Å². The highest BCUT2D eigenvalue weighted by atomic mass is 35.5. The Morgan fingerprint density at radius 1 is 1.10 bits per heavy atom. The quantitative estimate of drug-likeness (QED) is 0.159. The largest absolute Gasteiger partial charge is 0.468 e. The number of ether oxygens (including phenoxy) is 2. The number of benzene rings is 3. The molecule has 0 aliphatic carbocycles. The Morgan fingerprint density at radius 3 is 2.66 bits per heavy atom. The van der Waals surface area contributed by atoms with E-state index >= 15 is 0 Å². The lowest BCUT2D eigenvalue weighted by Crippen LogP contribution is -2.30. The monoisotopic (exact) mass is 566 g/mol. The fourth-order valence-corrected chi connectivity index (χ4v) is 5.89. The molecule has 0 saturated carbocycles. The minimum Gasteiger partial charge on any atom is -0.468 e. The molecule has 1 amide bonds. The lowest BCUT2D eigenvalue weighted by Gasteiger charge is -2.18. The van der Waals surface area contributed by atoms with E-state index in [-0.39, 0.29) is 18.6 Å². The van der Waals surface area contributed by atoms with E-state index in [2.05, 4.69) is 55.0 Å². The molecule has 3 heterocycles. The third-order valence-electron chi connectivity index (χ3n) is 7.64. The highest BCUT2D eigenvalue weighted by Gasteiger charge is 2.35. The van der Waals surface area contributed by atoms with Gasteiger partial charge in [-0.25, -0.2) is 4.98 Å². The number of pyridine rings is 1. The number of fused-ring (bicyclic) bond motifs is 4. The number of alkyl halides is 1. The first-order chi connectivity index (χ1) is 19.9. The van der Waals surface area contributed by atoms with E-state index in [1.54, 1.807) is 13.3 Å². The van der Waals surface area contributed by atoms with Crippen molar-refractivity contribution in [1.29, 1.82) is 0 Å². The summed E-state index contributed by atoms with van der Waals surface area (Å²) in [5, 5.41) is 5.75. The van der Waals surface area contributed by atoms with Crippen molar-refractivity contribution in [2.75, 3.05) is 36.5 Å². The molecule has 208 valence electrons. The molecule has 1 aliphatic heterocycles. The van der Waals surface area contributed by atoms with Gasteiger partial charge in [0.15, 0.2) is 6.79 Å². The summed E-state index contributed by atoms with van der Waals surface area (Å²) in [6.07, 6.45) is 3.68. The molecule has 0 radical (unpaired) electrons. The molecule has 1 aliphatic rings. The van der Waals surface area contributed by atoms with Gasteiger partial charge in [0, 0.05) is 49.2 Å².